The van der Waals surface area contributed by atoms with Crippen molar-refractivity contribution < 1.29 is 33.4 Å². The van der Waals surface area contributed by atoms with Crippen LogP contribution in [-0.2, 0) is 33.4 Å². The molecule has 2 rings (SSSR count). The predicted molar refractivity (Wildman–Crippen MR) is 101 cm³/mol. The first-order valence-corrected chi connectivity index (χ1v) is 9.86. The zero-order chi connectivity index (χ0) is 21.9. The van der Waals surface area contributed by atoms with Gasteiger partial charge in [0.1, 0.15) is 11.6 Å². The number of nitrogens with one attached hydrogen (secondary N) is 1. The standard InChI is InChI=1S/C20H30N2O7/c1-10(23)28-9-14(24)13(8-15(25)29-20(2,3)4)22-19(27)17-12-6-5-11(7-12)16(17)18(21)26/h11-13,16-17H,5-9H2,1-4H3,(H2,21,26)(H,22,27). The molecule has 9 nitrogen and oxygen atoms in total. The maximum Gasteiger partial charge on any atom is 0.308 e. The van der Waals surface area contributed by atoms with Crippen molar-refractivity contribution in [2.75, 3.05) is 6.61 Å². The highest BCUT2D eigenvalue weighted by molar-refractivity contribution is 5.95. The van der Waals surface area contributed by atoms with Crippen LogP contribution in [0.3, 0.4) is 0 Å². The molecule has 0 aromatic heterocycles. The Hall–Kier alpha value is -2.45. The fraction of sp³-hybridized carbons (Fsp3) is 0.750. The monoisotopic (exact) mass is 410 g/mol. The topological polar surface area (TPSA) is 142 Å². The summed E-state index contributed by atoms with van der Waals surface area (Å²) in [7, 11) is 0. The van der Waals surface area contributed by atoms with E-state index < -0.39 is 66.0 Å². The number of hydrogen-bond donors (Lipinski definition) is 2. The molecule has 2 fully saturated rings. The van der Waals surface area contributed by atoms with Crippen molar-refractivity contribution in [3.8, 4) is 0 Å². The van der Waals surface area contributed by atoms with E-state index in [1.54, 1.807) is 20.8 Å². The molecular formula is C20H30N2O7. The van der Waals surface area contributed by atoms with E-state index in [0.717, 1.165) is 26.2 Å². The number of carbonyl (C=O) groups is 5. The molecule has 2 amide bonds. The minimum atomic E-state index is -1.22. The van der Waals surface area contributed by atoms with Crippen LogP contribution in [0, 0.1) is 23.7 Å². The van der Waals surface area contributed by atoms with Gasteiger partial charge in [0.05, 0.1) is 18.3 Å². The van der Waals surface area contributed by atoms with Crippen molar-refractivity contribution in [3.05, 3.63) is 0 Å². The van der Waals surface area contributed by atoms with Crippen molar-refractivity contribution in [1.82, 2.24) is 5.32 Å². The Balaban J connectivity index is 2.12. The molecule has 2 aliphatic carbocycles. The second kappa shape index (κ2) is 8.92. The first-order valence-electron chi connectivity index (χ1n) is 9.86. The number of esters is 2. The molecule has 2 saturated carbocycles. The summed E-state index contributed by atoms with van der Waals surface area (Å²) >= 11 is 0. The fourth-order valence-electron chi connectivity index (χ4n) is 4.41. The molecule has 5 unspecified atom stereocenters. The third-order valence-corrected chi connectivity index (χ3v) is 5.46. The third kappa shape index (κ3) is 6.01. The van der Waals surface area contributed by atoms with Crippen molar-refractivity contribution in [1.29, 1.82) is 0 Å². The van der Waals surface area contributed by atoms with Crippen LogP contribution in [0.2, 0.25) is 0 Å². The van der Waals surface area contributed by atoms with E-state index in [1.165, 1.54) is 0 Å². The number of nitrogens with two attached hydrogens (primary N) is 1. The molecule has 9 heteroatoms. The van der Waals surface area contributed by atoms with Crippen LogP contribution in [0.4, 0.5) is 0 Å². The lowest BCUT2D eigenvalue weighted by Gasteiger charge is -2.29. The highest BCUT2D eigenvalue weighted by atomic mass is 16.6. The minimum absolute atomic E-state index is 0.0308. The Morgan fingerprint density at radius 2 is 1.66 bits per heavy atom. The smallest absolute Gasteiger partial charge is 0.308 e. The predicted octanol–water partition coefficient (Wildman–Crippen LogP) is 0.483. The molecule has 2 bridgehead atoms. The molecule has 0 spiro atoms. The van der Waals surface area contributed by atoms with Gasteiger partial charge in [0.25, 0.3) is 0 Å². The van der Waals surface area contributed by atoms with Crippen LogP contribution in [-0.4, -0.2) is 47.8 Å². The Morgan fingerprint density at radius 1 is 1.07 bits per heavy atom. The summed E-state index contributed by atoms with van der Waals surface area (Å²) in [4.78, 5) is 60.5. The van der Waals surface area contributed by atoms with E-state index in [1.807, 2.05) is 0 Å². The number of carbonyl (C=O) groups excluding carboxylic acids is 5. The van der Waals surface area contributed by atoms with Gasteiger partial charge in [-0.05, 0) is 51.9 Å². The first-order chi connectivity index (χ1) is 13.4. The molecule has 0 heterocycles. The lowest BCUT2D eigenvalue weighted by atomic mass is 9.78. The van der Waals surface area contributed by atoms with Gasteiger partial charge in [-0.3, -0.25) is 24.0 Å². The average Bonchev–Trinajstić information content (AvgIpc) is 3.18. The number of amides is 2. The number of ether oxygens (including phenoxy) is 2. The van der Waals surface area contributed by atoms with E-state index in [-0.39, 0.29) is 11.8 Å². The van der Waals surface area contributed by atoms with E-state index in [4.69, 9.17) is 15.2 Å². The summed E-state index contributed by atoms with van der Waals surface area (Å²) in [5.74, 6) is -4.02. The second-order valence-corrected chi connectivity index (χ2v) is 8.89. The van der Waals surface area contributed by atoms with Gasteiger partial charge in [-0.25, -0.2) is 0 Å². The van der Waals surface area contributed by atoms with E-state index in [9.17, 15) is 24.0 Å². The van der Waals surface area contributed by atoms with Crippen LogP contribution >= 0.6 is 0 Å². The molecular weight excluding hydrogens is 380 g/mol. The molecule has 162 valence electrons. The molecule has 0 aliphatic heterocycles. The summed E-state index contributed by atoms with van der Waals surface area (Å²) in [5.41, 5.74) is 4.76. The lowest BCUT2D eigenvalue weighted by Crippen LogP contribution is -2.50. The van der Waals surface area contributed by atoms with Crippen LogP contribution in [0.15, 0.2) is 0 Å². The SMILES string of the molecule is CC(=O)OCC(=O)C(CC(=O)OC(C)(C)C)NC(=O)C1C2CCC(C2)C1C(N)=O. The fourth-order valence-corrected chi connectivity index (χ4v) is 4.41. The largest absolute Gasteiger partial charge is 0.460 e. The molecule has 29 heavy (non-hydrogen) atoms. The zero-order valence-electron chi connectivity index (χ0n) is 17.4. The Bertz CT molecular complexity index is 697. The van der Waals surface area contributed by atoms with E-state index in [0.29, 0.717) is 0 Å². The number of Topliss-reactive ketones (excluding diaryl/α,β-unsaturated/α-hetero) is 1. The zero-order valence-corrected chi connectivity index (χ0v) is 17.4. The van der Waals surface area contributed by atoms with Crippen LogP contribution < -0.4 is 11.1 Å². The maximum atomic E-state index is 12.9. The normalized spacial score (nSPS) is 26.5. The van der Waals surface area contributed by atoms with Gasteiger partial charge in [-0.15, -0.1) is 0 Å². The molecule has 0 saturated heterocycles. The van der Waals surface area contributed by atoms with E-state index in [2.05, 4.69) is 5.32 Å². The van der Waals surface area contributed by atoms with Crippen LogP contribution in [0.25, 0.3) is 0 Å². The number of rotatable bonds is 8. The van der Waals surface area contributed by atoms with Crippen molar-refractivity contribution >= 4 is 29.5 Å². The highest BCUT2D eigenvalue weighted by Crippen LogP contribution is 2.52. The van der Waals surface area contributed by atoms with Crippen molar-refractivity contribution in [2.24, 2.45) is 29.4 Å². The van der Waals surface area contributed by atoms with Crippen molar-refractivity contribution in [3.63, 3.8) is 0 Å². The lowest BCUT2D eigenvalue weighted by molar-refractivity contribution is -0.157. The van der Waals surface area contributed by atoms with Crippen LogP contribution in [0.5, 0.6) is 0 Å². The van der Waals surface area contributed by atoms with Gasteiger partial charge in [0.2, 0.25) is 11.8 Å². The maximum absolute atomic E-state index is 12.9. The number of primary amides is 1. The van der Waals surface area contributed by atoms with Crippen LogP contribution in [0.1, 0.15) is 53.4 Å². The van der Waals surface area contributed by atoms with Gasteiger partial charge < -0.3 is 20.5 Å². The number of hydrogen-bond acceptors (Lipinski definition) is 7. The quantitative estimate of drug-likeness (QED) is 0.554. The van der Waals surface area contributed by atoms with Crippen molar-refractivity contribution in [2.45, 2.75) is 65.0 Å². The molecule has 2 aliphatic rings. The molecule has 3 N–H and O–H groups in total. The molecule has 0 radical (unpaired) electrons. The highest BCUT2D eigenvalue weighted by Gasteiger charge is 2.53. The molecule has 0 aromatic carbocycles. The summed E-state index contributed by atoms with van der Waals surface area (Å²) in [5, 5.41) is 2.58. The Labute approximate surface area is 170 Å². The number of ketones is 1. The second-order valence-electron chi connectivity index (χ2n) is 8.89. The van der Waals surface area contributed by atoms with E-state index >= 15 is 0 Å². The van der Waals surface area contributed by atoms with Gasteiger partial charge in [-0.1, -0.05) is 0 Å². The summed E-state index contributed by atoms with van der Waals surface area (Å²) in [6.45, 7) is 5.64. The summed E-state index contributed by atoms with van der Waals surface area (Å²) in [6.07, 6.45) is 2.04. The molecule has 5 atom stereocenters. The van der Waals surface area contributed by atoms with Gasteiger partial charge in [0.15, 0.2) is 12.4 Å². The third-order valence-electron chi connectivity index (χ3n) is 5.46. The first kappa shape index (κ1) is 22.8. The van der Waals surface area contributed by atoms with Gasteiger partial charge >= 0.3 is 11.9 Å². The Kier molecular flexibility index (Phi) is 7.02. The average molecular weight is 410 g/mol. The minimum Gasteiger partial charge on any atom is -0.460 e. The summed E-state index contributed by atoms with van der Waals surface area (Å²) < 4.78 is 9.95. The summed E-state index contributed by atoms with van der Waals surface area (Å²) in [6, 6.07) is -1.22. The van der Waals surface area contributed by atoms with Gasteiger partial charge in [0, 0.05) is 6.92 Å². The molecule has 0 aromatic rings. The number of fused-ring (bicyclic) bond motifs is 2. The Morgan fingerprint density at radius 3 is 2.17 bits per heavy atom. The van der Waals surface area contributed by atoms with Gasteiger partial charge in [-0.2, -0.15) is 0 Å².